The van der Waals surface area contributed by atoms with Crippen LogP contribution in [0.3, 0.4) is 0 Å². The molecule has 0 atom stereocenters. The van der Waals surface area contributed by atoms with Gasteiger partial charge < -0.3 is 5.73 Å². The normalized spacial score (nSPS) is 10.9. The summed E-state index contributed by atoms with van der Waals surface area (Å²) >= 11 is 0. The summed E-state index contributed by atoms with van der Waals surface area (Å²) in [7, 11) is -2.41. The van der Waals surface area contributed by atoms with Crippen molar-refractivity contribution in [2.45, 2.75) is 4.90 Å². The van der Waals surface area contributed by atoms with E-state index >= 15 is 0 Å². The van der Waals surface area contributed by atoms with Crippen LogP contribution in [0.2, 0.25) is 0 Å². The average Bonchev–Trinajstić information content (AvgIpc) is 2.18. The number of guanidine groups is 1. The van der Waals surface area contributed by atoms with E-state index in [2.05, 4.69) is 0 Å². The Morgan fingerprint density at radius 3 is 2.29 bits per heavy atom. The Balaban J connectivity index is 3.16. The summed E-state index contributed by atoms with van der Waals surface area (Å²) in [4.78, 5) is 0.123. The highest BCUT2D eigenvalue weighted by atomic mass is 32.2. The van der Waals surface area contributed by atoms with E-state index in [1.807, 2.05) is 0 Å². The second kappa shape index (κ2) is 3.67. The number of nitrogens with zero attached hydrogens (tertiary/aromatic N) is 1. The molecule has 0 bridgehead atoms. The Morgan fingerprint density at radius 1 is 1.36 bits per heavy atom. The third kappa shape index (κ3) is 1.85. The van der Waals surface area contributed by atoms with Crippen molar-refractivity contribution in [2.24, 2.45) is 5.73 Å². The molecule has 0 aliphatic heterocycles. The lowest BCUT2D eigenvalue weighted by atomic mass is 10.4. The molecule has 3 N–H and O–H groups in total. The molecule has 76 valence electrons. The van der Waals surface area contributed by atoms with Crippen LogP contribution in [0.5, 0.6) is 0 Å². The molecule has 1 aromatic carbocycles. The van der Waals surface area contributed by atoms with E-state index in [4.69, 9.17) is 11.1 Å². The highest BCUT2D eigenvalue weighted by Crippen LogP contribution is 2.12. The van der Waals surface area contributed by atoms with Gasteiger partial charge in [0.1, 0.15) is 0 Å². The zero-order valence-electron chi connectivity index (χ0n) is 7.64. The van der Waals surface area contributed by atoms with Crippen molar-refractivity contribution in [1.29, 1.82) is 5.41 Å². The van der Waals surface area contributed by atoms with Gasteiger partial charge in [0.15, 0.2) is 0 Å². The Morgan fingerprint density at radius 2 is 1.86 bits per heavy atom. The Bertz CT molecular complexity index is 427. The summed E-state index contributed by atoms with van der Waals surface area (Å²) in [6.45, 7) is 0. The summed E-state index contributed by atoms with van der Waals surface area (Å²) in [5.74, 6) is -0.506. The molecule has 0 saturated heterocycles. The molecule has 0 saturated carbocycles. The molecule has 0 aliphatic carbocycles. The molecule has 0 amide bonds. The van der Waals surface area contributed by atoms with Gasteiger partial charge in [-0.05, 0) is 12.1 Å². The van der Waals surface area contributed by atoms with Gasteiger partial charge in [-0.3, -0.25) is 5.41 Å². The third-order valence-corrected chi connectivity index (χ3v) is 3.53. The van der Waals surface area contributed by atoms with Gasteiger partial charge in [0.2, 0.25) is 5.96 Å². The highest BCUT2D eigenvalue weighted by Gasteiger charge is 2.20. The molecule has 1 rings (SSSR count). The van der Waals surface area contributed by atoms with E-state index in [-0.39, 0.29) is 4.90 Å². The Labute approximate surface area is 82.7 Å². The lowest BCUT2D eigenvalue weighted by molar-refractivity contribution is 0.550. The van der Waals surface area contributed by atoms with Gasteiger partial charge in [0.05, 0.1) is 4.90 Å². The van der Waals surface area contributed by atoms with Crippen molar-refractivity contribution < 1.29 is 8.42 Å². The van der Waals surface area contributed by atoms with Crippen LogP contribution in [-0.2, 0) is 10.0 Å². The molecular formula is C8H11N3O2S. The number of rotatable bonds is 2. The average molecular weight is 213 g/mol. The minimum absolute atomic E-state index is 0.123. The SMILES string of the molecule is CN(C(=N)N)S(=O)(=O)c1ccccc1. The van der Waals surface area contributed by atoms with Gasteiger partial charge in [-0.2, -0.15) is 0 Å². The molecule has 1 aromatic rings. The van der Waals surface area contributed by atoms with Crippen LogP contribution in [0, 0.1) is 5.41 Å². The predicted molar refractivity (Wildman–Crippen MR) is 53.3 cm³/mol. The predicted octanol–water partition coefficient (Wildman–Crippen LogP) is 0.201. The molecule has 6 heteroatoms. The second-order valence-electron chi connectivity index (χ2n) is 2.67. The summed E-state index contributed by atoms with van der Waals surface area (Å²) in [5, 5.41) is 7.03. The molecule has 0 fully saturated rings. The van der Waals surface area contributed by atoms with Crippen LogP contribution in [0.1, 0.15) is 0 Å². The molecule has 0 spiro atoms. The van der Waals surface area contributed by atoms with Gasteiger partial charge in [-0.25, -0.2) is 12.7 Å². The molecule has 0 aliphatic rings. The number of hydrogen-bond donors (Lipinski definition) is 2. The number of benzene rings is 1. The third-order valence-electron chi connectivity index (χ3n) is 1.74. The van der Waals surface area contributed by atoms with Gasteiger partial charge in [-0.15, -0.1) is 0 Å². The van der Waals surface area contributed by atoms with Crippen LogP contribution in [0.4, 0.5) is 0 Å². The van der Waals surface area contributed by atoms with Gasteiger partial charge >= 0.3 is 0 Å². The minimum Gasteiger partial charge on any atom is -0.369 e. The fourth-order valence-electron chi connectivity index (χ4n) is 0.880. The lowest BCUT2D eigenvalue weighted by Crippen LogP contribution is -2.37. The smallest absolute Gasteiger partial charge is 0.266 e. The first kappa shape index (κ1) is 10.5. The molecule has 14 heavy (non-hydrogen) atoms. The topological polar surface area (TPSA) is 87.2 Å². The molecule has 0 aromatic heterocycles. The van der Waals surface area contributed by atoms with Crippen LogP contribution < -0.4 is 5.73 Å². The fourth-order valence-corrected chi connectivity index (χ4v) is 1.96. The maximum atomic E-state index is 11.7. The van der Waals surface area contributed by atoms with Crippen LogP contribution in [-0.4, -0.2) is 25.7 Å². The fraction of sp³-hybridized carbons (Fsp3) is 0.125. The highest BCUT2D eigenvalue weighted by molar-refractivity contribution is 7.89. The number of nitrogens with one attached hydrogen (secondary N) is 1. The summed E-state index contributed by atoms with van der Waals surface area (Å²) in [6, 6.07) is 7.85. The van der Waals surface area contributed by atoms with Crippen LogP contribution in [0.15, 0.2) is 35.2 Å². The number of sulfonamides is 1. The molecule has 0 heterocycles. The van der Waals surface area contributed by atoms with Crippen molar-refractivity contribution in [3.8, 4) is 0 Å². The first-order valence-electron chi connectivity index (χ1n) is 3.84. The zero-order chi connectivity index (χ0) is 10.8. The lowest BCUT2D eigenvalue weighted by Gasteiger charge is -2.16. The van der Waals surface area contributed by atoms with Gasteiger partial charge in [-0.1, -0.05) is 18.2 Å². The zero-order valence-corrected chi connectivity index (χ0v) is 8.45. The van der Waals surface area contributed by atoms with Crippen molar-refractivity contribution in [3.05, 3.63) is 30.3 Å². The first-order chi connectivity index (χ1) is 6.46. The quantitative estimate of drug-likeness (QED) is 0.543. The molecular weight excluding hydrogens is 202 g/mol. The summed E-state index contributed by atoms with van der Waals surface area (Å²) < 4.78 is 24.1. The largest absolute Gasteiger partial charge is 0.369 e. The van der Waals surface area contributed by atoms with E-state index in [9.17, 15) is 8.42 Å². The maximum Gasteiger partial charge on any atom is 0.266 e. The minimum atomic E-state index is -3.65. The Kier molecular flexibility index (Phi) is 2.76. The van der Waals surface area contributed by atoms with Gasteiger partial charge in [0, 0.05) is 7.05 Å². The molecule has 5 nitrogen and oxygen atoms in total. The summed E-state index contributed by atoms with van der Waals surface area (Å²) in [6.07, 6.45) is 0. The maximum absolute atomic E-state index is 11.7. The van der Waals surface area contributed by atoms with Crippen molar-refractivity contribution in [2.75, 3.05) is 7.05 Å². The van der Waals surface area contributed by atoms with E-state index in [0.29, 0.717) is 0 Å². The standard InChI is InChI=1S/C8H11N3O2S/c1-11(8(9)10)14(12,13)7-5-3-2-4-6-7/h2-6H,1H3,(H3,9,10). The van der Waals surface area contributed by atoms with E-state index in [1.165, 1.54) is 19.2 Å². The van der Waals surface area contributed by atoms with Gasteiger partial charge in [0.25, 0.3) is 10.0 Å². The summed E-state index contributed by atoms with van der Waals surface area (Å²) in [5.41, 5.74) is 5.09. The van der Waals surface area contributed by atoms with Crippen molar-refractivity contribution in [3.63, 3.8) is 0 Å². The Hall–Kier alpha value is -1.56. The number of nitrogens with two attached hydrogens (primary N) is 1. The first-order valence-corrected chi connectivity index (χ1v) is 5.28. The molecule has 0 unspecified atom stereocenters. The van der Waals surface area contributed by atoms with E-state index in [1.54, 1.807) is 18.2 Å². The van der Waals surface area contributed by atoms with E-state index in [0.717, 1.165) is 4.31 Å². The van der Waals surface area contributed by atoms with Crippen molar-refractivity contribution >= 4 is 16.0 Å². The second-order valence-corrected chi connectivity index (χ2v) is 4.64. The van der Waals surface area contributed by atoms with Crippen molar-refractivity contribution in [1.82, 2.24) is 4.31 Å². The van der Waals surface area contributed by atoms with Crippen LogP contribution in [0.25, 0.3) is 0 Å². The monoisotopic (exact) mass is 213 g/mol. The molecule has 0 radical (unpaired) electrons. The number of hydrogen-bond acceptors (Lipinski definition) is 3. The van der Waals surface area contributed by atoms with Crippen LogP contribution >= 0.6 is 0 Å². The van der Waals surface area contributed by atoms with E-state index < -0.39 is 16.0 Å².